The topological polar surface area (TPSA) is 139 Å². The largest absolute Gasteiger partial charge is 0.492 e. The molecule has 0 unspecified atom stereocenters. The number of carbonyl (C=O) groups excluding carboxylic acids is 2. The molecule has 0 aromatic heterocycles. The van der Waals surface area contributed by atoms with Gasteiger partial charge < -0.3 is 25.6 Å². The average molecular weight is 496 g/mol. The zero-order valence-electron chi connectivity index (χ0n) is 18.4. The summed E-state index contributed by atoms with van der Waals surface area (Å²) in [7, 11) is -5.69. The normalized spacial score (nSPS) is 15.1. The molecule has 8 nitrogen and oxygen atoms in total. The molecule has 2 aromatic carbocycles. The molecule has 0 aliphatic heterocycles. The molecule has 11 heteroatoms. The van der Waals surface area contributed by atoms with E-state index < -0.39 is 30.6 Å². The summed E-state index contributed by atoms with van der Waals surface area (Å²) in [5, 5.41) is 2.60. The van der Waals surface area contributed by atoms with E-state index in [1.165, 1.54) is 25.3 Å². The van der Waals surface area contributed by atoms with Crippen LogP contribution in [0.3, 0.4) is 0 Å². The maximum Gasteiger partial charge on any atom is 0.399 e. The van der Waals surface area contributed by atoms with Crippen molar-refractivity contribution in [3.8, 4) is 5.75 Å². The smallest absolute Gasteiger partial charge is 0.399 e. The van der Waals surface area contributed by atoms with Crippen LogP contribution in [0.15, 0.2) is 42.5 Å². The first-order valence-electron chi connectivity index (χ1n) is 10.9. The Bertz CT molecular complexity index is 1080. The minimum absolute atomic E-state index is 0.0211. The number of nitrogens with one attached hydrogen (secondary N) is 1. The van der Waals surface area contributed by atoms with Crippen LogP contribution in [0.5, 0.6) is 5.75 Å². The number of amides is 2. The summed E-state index contributed by atoms with van der Waals surface area (Å²) < 4.78 is 44.3. The van der Waals surface area contributed by atoms with Crippen LogP contribution in [0.25, 0.3) is 0 Å². The lowest BCUT2D eigenvalue weighted by atomic mass is 9.90. The highest BCUT2D eigenvalue weighted by Gasteiger charge is 2.50. The Hall–Kier alpha value is -2.81. The summed E-state index contributed by atoms with van der Waals surface area (Å²) in [5.74, 6) is -0.422. The molecule has 0 bridgehead atoms. The Labute approximate surface area is 195 Å². The van der Waals surface area contributed by atoms with Gasteiger partial charge in [-0.3, -0.25) is 14.2 Å². The van der Waals surface area contributed by atoms with E-state index in [9.17, 15) is 22.9 Å². The number of ether oxygens (including phenoxy) is 1. The maximum absolute atomic E-state index is 13.7. The number of primary amides is 1. The first kappa shape index (κ1) is 25.8. The minimum atomic E-state index is -5.69. The van der Waals surface area contributed by atoms with Gasteiger partial charge >= 0.3 is 13.3 Å². The van der Waals surface area contributed by atoms with Gasteiger partial charge in [0.1, 0.15) is 5.75 Å². The second-order valence-electron chi connectivity index (χ2n) is 8.36. The van der Waals surface area contributed by atoms with E-state index in [1.54, 1.807) is 12.1 Å². The van der Waals surface area contributed by atoms with Crippen LogP contribution in [0.4, 0.5) is 8.78 Å². The lowest BCUT2D eigenvalue weighted by molar-refractivity contribution is 0.0564. The van der Waals surface area contributed by atoms with Gasteiger partial charge in [-0.1, -0.05) is 37.5 Å². The third-order valence-corrected chi connectivity index (χ3v) is 6.81. The van der Waals surface area contributed by atoms with Gasteiger partial charge in [0.25, 0.3) is 11.8 Å². The van der Waals surface area contributed by atoms with E-state index in [-0.39, 0.29) is 17.7 Å². The molecule has 0 spiro atoms. The van der Waals surface area contributed by atoms with Crippen molar-refractivity contribution in [3.05, 3.63) is 64.7 Å². The van der Waals surface area contributed by atoms with Gasteiger partial charge in [0.05, 0.1) is 12.2 Å². The molecule has 5 N–H and O–H groups in total. The minimum Gasteiger partial charge on any atom is -0.492 e. The van der Waals surface area contributed by atoms with Crippen LogP contribution < -0.4 is 15.8 Å². The van der Waals surface area contributed by atoms with E-state index in [0.717, 1.165) is 37.1 Å². The van der Waals surface area contributed by atoms with Gasteiger partial charge in [-0.2, -0.15) is 8.78 Å². The Morgan fingerprint density at radius 1 is 1.09 bits per heavy atom. The van der Waals surface area contributed by atoms with E-state index >= 15 is 0 Å². The molecule has 0 radical (unpaired) electrons. The third-order valence-electron chi connectivity index (χ3n) is 5.82. The second kappa shape index (κ2) is 10.6. The summed E-state index contributed by atoms with van der Waals surface area (Å²) >= 11 is 0. The van der Waals surface area contributed by atoms with Crippen LogP contribution in [0, 0.1) is 5.92 Å². The molecule has 3 rings (SSSR count). The van der Waals surface area contributed by atoms with Gasteiger partial charge in [0.2, 0.25) is 0 Å². The SMILES string of the molecule is NC(=O)c1cc(CNC(=O)c2ccc(C(F)(F)P(=O)(O)O)cc2)ccc1OCC1CCCCC1. The monoisotopic (exact) mass is 496 g/mol. The van der Waals surface area contributed by atoms with Crippen molar-refractivity contribution in [2.75, 3.05) is 6.61 Å². The number of hydrogen-bond donors (Lipinski definition) is 4. The molecule has 1 aliphatic rings. The number of benzene rings is 2. The molecular weight excluding hydrogens is 469 g/mol. The highest BCUT2D eigenvalue weighted by molar-refractivity contribution is 7.52. The van der Waals surface area contributed by atoms with Gasteiger partial charge in [0.15, 0.2) is 0 Å². The van der Waals surface area contributed by atoms with Crippen LogP contribution >= 0.6 is 7.60 Å². The fourth-order valence-corrected chi connectivity index (χ4v) is 4.33. The predicted molar refractivity (Wildman–Crippen MR) is 121 cm³/mol. The predicted octanol–water partition coefficient (Wildman–Crippen LogP) is 3.90. The van der Waals surface area contributed by atoms with E-state index in [0.29, 0.717) is 23.8 Å². The maximum atomic E-state index is 13.7. The van der Waals surface area contributed by atoms with Crippen molar-refractivity contribution < 1.29 is 37.5 Å². The number of nitrogens with two attached hydrogens (primary N) is 1. The summed E-state index contributed by atoms with van der Waals surface area (Å²) in [6.07, 6.45) is 5.75. The van der Waals surface area contributed by atoms with E-state index in [2.05, 4.69) is 5.32 Å². The molecule has 2 aromatic rings. The molecule has 1 fully saturated rings. The molecule has 0 saturated heterocycles. The van der Waals surface area contributed by atoms with Gasteiger partial charge in [-0.05, 0) is 48.6 Å². The zero-order valence-corrected chi connectivity index (χ0v) is 19.3. The van der Waals surface area contributed by atoms with Crippen LogP contribution in [-0.4, -0.2) is 28.2 Å². The lowest BCUT2D eigenvalue weighted by Crippen LogP contribution is -2.23. The highest BCUT2D eigenvalue weighted by atomic mass is 31.2. The molecule has 0 heterocycles. The average Bonchev–Trinajstić information content (AvgIpc) is 2.81. The van der Waals surface area contributed by atoms with Crippen LogP contribution in [-0.2, 0) is 16.8 Å². The molecule has 1 saturated carbocycles. The van der Waals surface area contributed by atoms with Crippen molar-refractivity contribution in [1.29, 1.82) is 0 Å². The molecule has 34 heavy (non-hydrogen) atoms. The molecule has 2 amide bonds. The number of rotatable bonds is 9. The quantitative estimate of drug-likeness (QED) is 0.389. The van der Waals surface area contributed by atoms with E-state index in [4.69, 9.17) is 20.3 Å². The first-order valence-corrected chi connectivity index (χ1v) is 12.5. The Morgan fingerprint density at radius 3 is 2.32 bits per heavy atom. The summed E-state index contributed by atoms with van der Waals surface area (Å²) in [5.41, 5.74) is 1.05. The number of alkyl halides is 2. The standard InChI is InChI=1S/C23H27F2N2O6P/c24-23(25,34(30,31)32)18-9-7-17(8-10-18)22(29)27-13-16-6-11-20(19(12-16)21(26)28)33-14-15-4-2-1-3-5-15/h6-12,15H,1-5,13-14H2,(H2,26,28)(H,27,29)(H2,30,31,32). The highest BCUT2D eigenvalue weighted by Crippen LogP contribution is 2.59. The summed E-state index contributed by atoms with van der Waals surface area (Å²) in [6, 6.07) is 8.52. The Kier molecular flexibility index (Phi) is 8.07. The molecule has 0 atom stereocenters. The number of carbonyl (C=O) groups is 2. The fourth-order valence-electron chi connectivity index (χ4n) is 3.84. The van der Waals surface area contributed by atoms with Crippen LogP contribution in [0.2, 0.25) is 0 Å². The first-order chi connectivity index (χ1) is 16.0. The summed E-state index contributed by atoms with van der Waals surface area (Å²) in [6.45, 7) is 0.538. The van der Waals surface area contributed by atoms with Crippen molar-refractivity contribution in [1.82, 2.24) is 5.32 Å². The fraction of sp³-hybridized carbons (Fsp3) is 0.391. The van der Waals surface area contributed by atoms with Crippen molar-refractivity contribution in [3.63, 3.8) is 0 Å². The van der Waals surface area contributed by atoms with Gasteiger partial charge in [-0.15, -0.1) is 0 Å². The Morgan fingerprint density at radius 2 is 1.74 bits per heavy atom. The van der Waals surface area contributed by atoms with Crippen molar-refractivity contribution >= 4 is 19.4 Å². The van der Waals surface area contributed by atoms with Crippen LogP contribution in [0.1, 0.15) is 63.9 Å². The van der Waals surface area contributed by atoms with Crippen molar-refractivity contribution in [2.45, 2.75) is 44.3 Å². The van der Waals surface area contributed by atoms with E-state index in [1.807, 2.05) is 0 Å². The summed E-state index contributed by atoms with van der Waals surface area (Å²) in [4.78, 5) is 41.9. The third kappa shape index (κ3) is 6.20. The molecule has 184 valence electrons. The molecule has 1 aliphatic carbocycles. The Balaban J connectivity index is 1.63. The van der Waals surface area contributed by atoms with Gasteiger partial charge in [-0.25, -0.2) is 0 Å². The lowest BCUT2D eigenvalue weighted by Gasteiger charge is -2.22. The number of hydrogen-bond acceptors (Lipinski definition) is 4. The zero-order chi connectivity index (χ0) is 24.9. The van der Waals surface area contributed by atoms with Crippen molar-refractivity contribution in [2.24, 2.45) is 11.7 Å². The van der Waals surface area contributed by atoms with Gasteiger partial charge in [0, 0.05) is 17.7 Å². The molecular formula is C23H27F2N2O6P. The number of halogens is 2. The second-order valence-corrected chi connectivity index (χ2v) is 10.0.